The molecule has 0 spiro atoms. The van der Waals surface area contributed by atoms with Gasteiger partial charge in [0.25, 0.3) is 5.91 Å². The molecule has 0 aliphatic rings. The normalized spacial score (nSPS) is 12.4. The standard InChI is InChI=1S/C24H27Cl2N3O5S2/c1-4-7-12-28(5-2)36(32,33)18-10-8-16(9-11-18)23(31)27-24-29(15-21(30)34-6-3)22-19(26)13-17(25)14-20(22)35-24/h8-11,13-14H,4-7,12,15H2,1-3H3. The Morgan fingerprint density at radius 2 is 1.81 bits per heavy atom. The van der Waals surface area contributed by atoms with Crippen molar-refractivity contribution in [2.75, 3.05) is 19.7 Å². The second-order valence-corrected chi connectivity index (χ2v) is 11.6. The van der Waals surface area contributed by atoms with E-state index in [0.29, 0.717) is 33.4 Å². The van der Waals surface area contributed by atoms with Crippen LogP contribution in [0.25, 0.3) is 10.2 Å². The fraction of sp³-hybridized carbons (Fsp3) is 0.375. The molecular weight excluding hydrogens is 545 g/mol. The summed E-state index contributed by atoms with van der Waals surface area (Å²) in [4.78, 5) is 29.8. The second kappa shape index (κ2) is 12.3. The lowest BCUT2D eigenvalue weighted by molar-refractivity contribution is -0.143. The largest absolute Gasteiger partial charge is 0.465 e. The lowest BCUT2D eigenvalue weighted by Gasteiger charge is -2.20. The molecule has 1 heterocycles. The summed E-state index contributed by atoms with van der Waals surface area (Å²) in [5.74, 6) is -1.10. The molecule has 1 aromatic heterocycles. The highest BCUT2D eigenvalue weighted by Crippen LogP contribution is 2.30. The van der Waals surface area contributed by atoms with E-state index in [1.54, 1.807) is 26.0 Å². The Hall–Kier alpha value is -2.24. The minimum absolute atomic E-state index is 0.109. The zero-order valence-electron chi connectivity index (χ0n) is 20.2. The number of nitrogens with zero attached hydrogens (tertiary/aromatic N) is 3. The van der Waals surface area contributed by atoms with Crippen molar-refractivity contribution in [1.29, 1.82) is 0 Å². The van der Waals surface area contributed by atoms with Crippen LogP contribution in [0.15, 0.2) is 46.3 Å². The molecule has 0 aliphatic carbocycles. The van der Waals surface area contributed by atoms with Gasteiger partial charge in [-0.3, -0.25) is 9.59 Å². The summed E-state index contributed by atoms with van der Waals surface area (Å²) in [5, 5.41) is 0.719. The van der Waals surface area contributed by atoms with Gasteiger partial charge in [0, 0.05) is 23.7 Å². The van der Waals surface area contributed by atoms with Crippen LogP contribution in [0.5, 0.6) is 0 Å². The number of carbonyl (C=O) groups excluding carboxylic acids is 2. The predicted octanol–water partition coefficient (Wildman–Crippen LogP) is 5.12. The first-order valence-corrected chi connectivity index (χ1v) is 14.5. The predicted molar refractivity (Wildman–Crippen MR) is 142 cm³/mol. The monoisotopic (exact) mass is 571 g/mol. The highest BCUT2D eigenvalue weighted by atomic mass is 35.5. The van der Waals surface area contributed by atoms with Crippen LogP contribution in [0, 0.1) is 0 Å². The number of esters is 1. The molecule has 0 N–H and O–H groups in total. The number of amides is 1. The maximum atomic E-state index is 13.0. The third-order valence-corrected chi connectivity index (χ3v) is 8.86. The molecule has 3 aromatic rings. The van der Waals surface area contributed by atoms with Crippen LogP contribution >= 0.6 is 34.5 Å². The SMILES string of the molecule is CCCCN(CC)S(=O)(=O)c1ccc(C(=O)N=c2sc3cc(Cl)cc(Cl)c3n2CC(=O)OCC)cc1. The zero-order chi connectivity index (χ0) is 26.5. The highest BCUT2D eigenvalue weighted by Gasteiger charge is 2.23. The van der Waals surface area contributed by atoms with Gasteiger partial charge in [-0.1, -0.05) is 54.8 Å². The number of aromatic nitrogens is 1. The molecule has 1 amide bonds. The van der Waals surface area contributed by atoms with Crippen molar-refractivity contribution in [2.24, 2.45) is 4.99 Å². The first-order valence-electron chi connectivity index (χ1n) is 11.5. The van der Waals surface area contributed by atoms with Gasteiger partial charge in [0.2, 0.25) is 10.0 Å². The van der Waals surface area contributed by atoms with Crippen LogP contribution in [0.1, 0.15) is 44.0 Å². The van der Waals surface area contributed by atoms with Crippen molar-refractivity contribution in [2.45, 2.75) is 45.1 Å². The van der Waals surface area contributed by atoms with E-state index in [1.807, 2.05) is 6.92 Å². The fourth-order valence-corrected chi connectivity index (χ4v) is 6.85. The third kappa shape index (κ3) is 6.36. The van der Waals surface area contributed by atoms with Crippen LogP contribution < -0.4 is 4.80 Å². The summed E-state index contributed by atoms with van der Waals surface area (Å²) < 4.78 is 34.5. The maximum Gasteiger partial charge on any atom is 0.326 e. The molecule has 194 valence electrons. The average Bonchev–Trinajstić information content (AvgIpc) is 3.16. The van der Waals surface area contributed by atoms with Gasteiger partial charge in [0.1, 0.15) is 6.54 Å². The minimum atomic E-state index is -3.67. The van der Waals surface area contributed by atoms with E-state index in [4.69, 9.17) is 27.9 Å². The molecule has 2 aromatic carbocycles. The Bertz CT molecular complexity index is 1430. The molecule has 0 saturated heterocycles. The van der Waals surface area contributed by atoms with Crippen molar-refractivity contribution in [3.05, 3.63) is 56.8 Å². The topological polar surface area (TPSA) is 98.0 Å². The lowest BCUT2D eigenvalue weighted by atomic mass is 10.2. The maximum absolute atomic E-state index is 13.0. The molecule has 8 nitrogen and oxygen atoms in total. The number of halogens is 2. The van der Waals surface area contributed by atoms with E-state index < -0.39 is 21.9 Å². The van der Waals surface area contributed by atoms with Crippen LogP contribution in [0.2, 0.25) is 10.0 Å². The Balaban J connectivity index is 1.99. The van der Waals surface area contributed by atoms with Gasteiger partial charge in [0.15, 0.2) is 4.80 Å². The number of rotatable bonds is 10. The molecule has 0 bridgehead atoms. The summed E-state index contributed by atoms with van der Waals surface area (Å²) in [6, 6.07) is 8.89. The lowest BCUT2D eigenvalue weighted by Crippen LogP contribution is -2.31. The highest BCUT2D eigenvalue weighted by molar-refractivity contribution is 7.89. The van der Waals surface area contributed by atoms with Crippen molar-refractivity contribution >= 4 is 66.7 Å². The molecule has 3 rings (SSSR count). The molecule has 0 unspecified atom stereocenters. The number of ether oxygens (including phenoxy) is 1. The molecule has 0 saturated carbocycles. The van der Waals surface area contributed by atoms with Gasteiger partial charge in [0.05, 0.1) is 26.7 Å². The van der Waals surface area contributed by atoms with Crippen LogP contribution in [-0.4, -0.2) is 48.9 Å². The molecule has 0 fully saturated rings. The average molecular weight is 573 g/mol. The summed E-state index contributed by atoms with van der Waals surface area (Å²) in [6.45, 7) is 6.30. The molecule has 0 atom stereocenters. The summed E-state index contributed by atoms with van der Waals surface area (Å²) in [5.41, 5.74) is 0.716. The minimum Gasteiger partial charge on any atom is -0.465 e. The number of unbranched alkanes of at least 4 members (excludes halogenated alkanes) is 1. The molecular formula is C24H27Cl2N3O5S2. The van der Waals surface area contributed by atoms with E-state index >= 15 is 0 Å². The van der Waals surface area contributed by atoms with E-state index in [1.165, 1.54) is 33.1 Å². The zero-order valence-corrected chi connectivity index (χ0v) is 23.3. The van der Waals surface area contributed by atoms with E-state index in [9.17, 15) is 18.0 Å². The number of fused-ring (bicyclic) bond motifs is 1. The first-order chi connectivity index (χ1) is 17.1. The number of sulfonamides is 1. The second-order valence-electron chi connectivity index (χ2n) is 7.80. The van der Waals surface area contributed by atoms with Crippen LogP contribution in [-0.2, 0) is 26.1 Å². The fourth-order valence-electron chi connectivity index (χ4n) is 3.55. The van der Waals surface area contributed by atoms with Gasteiger partial charge < -0.3 is 9.30 Å². The Morgan fingerprint density at radius 3 is 2.42 bits per heavy atom. The van der Waals surface area contributed by atoms with Gasteiger partial charge in [-0.2, -0.15) is 9.30 Å². The number of carbonyl (C=O) groups is 2. The molecule has 36 heavy (non-hydrogen) atoms. The Labute approximate surface area is 224 Å². The van der Waals surface area contributed by atoms with Crippen LogP contribution in [0.4, 0.5) is 0 Å². The number of hydrogen-bond donors (Lipinski definition) is 0. The Kier molecular flexibility index (Phi) is 9.71. The summed E-state index contributed by atoms with van der Waals surface area (Å²) in [7, 11) is -3.67. The van der Waals surface area contributed by atoms with Gasteiger partial charge >= 0.3 is 5.97 Å². The Morgan fingerprint density at radius 1 is 1.11 bits per heavy atom. The van der Waals surface area contributed by atoms with Crippen molar-refractivity contribution in [3.63, 3.8) is 0 Å². The number of thiazole rings is 1. The van der Waals surface area contributed by atoms with Crippen molar-refractivity contribution < 1.29 is 22.7 Å². The van der Waals surface area contributed by atoms with E-state index in [-0.39, 0.29) is 28.4 Å². The number of hydrogen-bond acceptors (Lipinski definition) is 6. The van der Waals surface area contributed by atoms with E-state index in [0.717, 1.165) is 24.2 Å². The van der Waals surface area contributed by atoms with Crippen molar-refractivity contribution in [3.8, 4) is 0 Å². The molecule has 0 radical (unpaired) electrons. The quantitative estimate of drug-likeness (QED) is 0.314. The molecule has 12 heteroatoms. The van der Waals surface area contributed by atoms with E-state index in [2.05, 4.69) is 4.99 Å². The number of benzene rings is 2. The van der Waals surface area contributed by atoms with Gasteiger partial charge in [-0.05, 0) is 49.7 Å². The summed E-state index contributed by atoms with van der Waals surface area (Å²) in [6.07, 6.45) is 1.64. The molecule has 0 aliphatic heterocycles. The van der Waals surface area contributed by atoms with Gasteiger partial charge in [-0.15, -0.1) is 0 Å². The smallest absolute Gasteiger partial charge is 0.326 e. The first kappa shape index (κ1) is 28.3. The summed E-state index contributed by atoms with van der Waals surface area (Å²) >= 11 is 13.7. The van der Waals surface area contributed by atoms with Crippen LogP contribution in [0.3, 0.4) is 0 Å². The van der Waals surface area contributed by atoms with Crippen molar-refractivity contribution in [1.82, 2.24) is 8.87 Å². The third-order valence-electron chi connectivity index (χ3n) is 5.34. The van der Waals surface area contributed by atoms with Gasteiger partial charge in [-0.25, -0.2) is 8.42 Å².